The largest absolute Gasteiger partial charge is 0.457 e. The van der Waals surface area contributed by atoms with Crippen LogP contribution in [-0.2, 0) is 45.4 Å². The minimum absolute atomic E-state index is 0.183. The lowest BCUT2D eigenvalue weighted by atomic mass is 10.1. The van der Waals surface area contributed by atoms with Gasteiger partial charge >= 0.3 is 23.9 Å². The van der Waals surface area contributed by atoms with Gasteiger partial charge in [0.25, 0.3) is 0 Å². The van der Waals surface area contributed by atoms with E-state index in [0.29, 0.717) is 22.3 Å². The molecule has 260 valence electrons. The summed E-state index contributed by atoms with van der Waals surface area (Å²) in [6.07, 6.45) is 0. The molecule has 6 aromatic carbocycles. The van der Waals surface area contributed by atoms with Crippen molar-refractivity contribution >= 4 is 23.9 Å². The van der Waals surface area contributed by atoms with Gasteiger partial charge in [0.15, 0.2) is 0 Å². The number of carbonyl (C=O) groups excluding carboxylic acids is 4. The van der Waals surface area contributed by atoms with Crippen molar-refractivity contribution in [2.75, 3.05) is 0 Å². The number of hydrogen-bond acceptors (Lipinski definition) is 8. The molecular formula is C44H36O8. The van der Waals surface area contributed by atoms with Crippen LogP contribution in [0.5, 0.6) is 0 Å². The third kappa shape index (κ3) is 11.7. The molecule has 0 aromatic heterocycles. The average molecular weight is 693 g/mol. The van der Waals surface area contributed by atoms with Crippen molar-refractivity contribution in [3.05, 3.63) is 214 Å². The van der Waals surface area contributed by atoms with Crippen LogP contribution in [-0.4, -0.2) is 23.9 Å². The van der Waals surface area contributed by atoms with Gasteiger partial charge in [-0.15, -0.1) is 0 Å². The zero-order valence-electron chi connectivity index (χ0n) is 28.3. The molecule has 0 unspecified atom stereocenters. The first-order valence-electron chi connectivity index (χ1n) is 16.5. The Morgan fingerprint density at radius 3 is 0.808 bits per heavy atom. The number of hydrogen-bond donors (Lipinski definition) is 0. The van der Waals surface area contributed by atoms with Crippen LogP contribution in [0.2, 0.25) is 0 Å². The smallest absolute Gasteiger partial charge is 0.338 e. The summed E-state index contributed by atoms with van der Waals surface area (Å²) in [5.41, 5.74) is 5.05. The summed E-state index contributed by atoms with van der Waals surface area (Å²) >= 11 is 0. The Kier molecular flexibility index (Phi) is 13.6. The van der Waals surface area contributed by atoms with E-state index in [0.717, 1.165) is 22.3 Å². The number of esters is 4. The van der Waals surface area contributed by atoms with Crippen LogP contribution in [0.15, 0.2) is 170 Å². The van der Waals surface area contributed by atoms with Crippen molar-refractivity contribution in [1.29, 1.82) is 0 Å². The van der Waals surface area contributed by atoms with Gasteiger partial charge in [-0.1, -0.05) is 127 Å². The van der Waals surface area contributed by atoms with Crippen LogP contribution >= 0.6 is 0 Å². The second-order valence-electron chi connectivity index (χ2n) is 11.4. The summed E-state index contributed by atoms with van der Waals surface area (Å²) in [6, 6.07) is 50.3. The molecule has 0 heterocycles. The van der Waals surface area contributed by atoms with E-state index >= 15 is 0 Å². The number of benzene rings is 6. The third-order valence-electron chi connectivity index (χ3n) is 7.54. The van der Waals surface area contributed by atoms with E-state index in [9.17, 15) is 19.2 Å². The minimum Gasteiger partial charge on any atom is -0.457 e. The van der Waals surface area contributed by atoms with Crippen LogP contribution in [0.3, 0.4) is 0 Å². The molecule has 6 aromatic rings. The van der Waals surface area contributed by atoms with Gasteiger partial charge in [0, 0.05) is 0 Å². The number of carbonyl (C=O) groups is 4. The maximum Gasteiger partial charge on any atom is 0.338 e. The normalized spacial score (nSPS) is 10.2. The zero-order chi connectivity index (χ0) is 36.4. The first-order valence-corrected chi connectivity index (χ1v) is 16.5. The number of ether oxygens (including phenoxy) is 4. The molecular weight excluding hydrogens is 656 g/mol. The summed E-state index contributed by atoms with van der Waals surface area (Å²) < 4.78 is 21.1. The maximum absolute atomic E-state index is 12.2. The van der Waals surface area contributed by atoms with Crippen molar-refractivity contribution in [3.8, 4) is 0 Å². The van der Waals surface area contributed by atoms with E-state index in [4.69, 9.17) is 18.9 Å². The van der Waals surface area contributed by atoms with Crippen LogP contribution in [0.4, 0.5) is 0 Å². The summed E-state index contributed by atoms with van der Waals surface area (Å²) in [6.45, 7) is 0.784. The fraction of sp³-hybridized carbons (Fsp3) is 0.0909. The molecule has 0 N–H and O–H groups in total. The molecule has 0 spiro atoms. The van der Waals surface area contributed by atoms with E-state index in [-0.39, 0.29) is 26.4 Å². The first kappa shape index (κ1) is 36.5. The van der Waals surface area contributed by atoms with E-state index in [1.807, 2.05) is 121 Å². The molecule has 52 heavy (non-hydrogen) atoms. The van der Waals surface area contributed by atoms with Crippen LogP contribution in [0.1, 0.15) is 63.7 Å². The standard InChI is InChI=1S/2C22H18O4/c23-21(25-15-17-8-3-1-4-9-17)19-12-7-13-20(14-19)22(24)26-16-18-10-5-2-6-11-18;23-21(25-15-17-7-3-1-4-8-17)19-11-13-20(14-12-19)22(24)26-16-18-9-5-2-6-10-18/h2*1-14H,15-16H2. The van der Waals surface area contributed by atoms with Gasteiger partial charge in [0.1, 0.15) is 26.4 Å². The van der Waals surface area contributed by atoms with E-state index in [2.05, 4.69) is 0 Å². The van der Waals surface area contributed by atoms with Gasteiger partial charge in [-0.2, -0.15) is 0 Å². The Morgan fingerprint density at radius 1 is 0.288 bits per heavy atom. The molecule has 0 saturated carbocycles. The predicted molar refractivity (Wildman–Crippen MR) is 195 cm³/mol. The Bertz CT molecular complexity index is 1880. The Labute approximate surface area is 302 Å². The van der Waals surface area contributed by atoms with E-state index in [1.165, 1.54) is 6.07 Å². The van der Waals surface area contributed by atoms with Crippen LogP contribution in [0, 0.1) is 0 Å². The summed E-state index contributed by atoms with van der Waals surface area (Å²) in [4.78, 5) is 48.5. The summed E-state index contributed by atoms with van der Waals surface area (Å²) in [5.74, 6) is -1.82. The van der Waals surface area contributed by atoms with Gasteiger partial charge < -0.3 is 18.9 Å². The molecule has 0 aliphatic rings. The second kappa shape index (κ2) is 19.4. The molecule has 0 fully saturated rings. The monoisotopic (exact) mass is 692 g/mol. The van der Waals surface area contributed by atoms with Crippen molar-refractivity contribution in [1.82, 2.24) is 0 Å². The van der Waals surface area contributed by atoms with Crippen molar-refractivity contribution < 1.29 is 38.1 Å². The topological polar surface area (TPSA) is 105 Å². The molecule has 0 aliphatic carbocycles. The Morgan fingerprint density at radius 2 is 0.538 bits per heavy atom. The highest BCUT2D eigenvalue weighted by atomic mass is 16.5. The first-order chi connectivity index (χ1) is 25.4. The lowest BCUT2D eigenvalue weighted by Crippen LogP contribution is -2.09. The highest BCUT2D eigenvalue weighted by Crippen LogP contribution is 2.13. The molecule has 0 aliphatic heterocycles. The fourth-order valence-electron chi connectivity index (χ4n) is 4.74. The lowest BCUT2D eigenvalue weighted by Gasteiger charge is -2.07. The molecule has 0 saturated heterocycles. The minimum atomic E-state index is -0.480. The van der Waals surface area contributed by atoms with Gasteiger partial charge in [0.2, 0.25) is 0 Å². The van der Waals surface area contributed by atoms with Gasteiger partial charge in [-0.05, 0) is 64.7 Å². The van der Waals surface area contributed by atoms with Gasteiger partial charge in [-0.25, -0.2) is 19.2 Å². The second-order valence-corrected chi connectivity index (χ2v) is 11.4. The summed E-state index contributed by atoms with van der Waals surface area (Å²) in [5, 5.41) is 0. The Balaban J connectivity index is 0.000000201. The average Bonchev–Trinajstić information content (AvgIpc) is 3.22. The molecule has 0 atom stereocenters. The Hall–Kier alpha value is -6.80. The third-order valence-corrected chi connectivity index (χ3v) is 7.54. The SMILES string of the molecule is O=C(OCc1ccccc1)c1ccc(C(=O)OCc2ccccc2)cc1.O=C(OCc1ccccc1)c1cccc(C(=O)OCc2ccccc2)c1. The molecule has 8 heteroatoms. The van der Waals surface area contributed by atoms with Gasteiger partial charge in [-0.3, -0.25) is 0 Å². The van der Waals surface area contributed by atoms with E-state index < -0.39 is 23.9 Å². The molecule has 0 amide bonds. The number of rotatable bonds is 12. The zero-order valence-corrected chi connectivity index (χ0v) is 28.3. The van der Waals surface area contributed by atoms with Crippen molar-refractivity contribution in [2.24, 2.45) is 0 Å². The molecule has 8 nitrogen and oxygen atoms in total. The summed E-state index contributed by atoms with van der Waals surface area (Å²) in [7, 11) is 0. The predicted octanol–water partition coefficient (Wildman–Crippen LogP) is 8.80. The molecule has 0 bridgehead atoms. The van der Waals surface area contributed by atoms with Crippen LogP contribution < -0.4 is 0 Å². The molecule has 0 radical (unpaired) electrons. The molecule has 6 rings (SSSR count). The van der Waals surface area contributed by atoms with E-state index in [1.54, 1.807) is 42.5 Å². The highest BCUT2D eigenvalue weighted by molar-refractivity contribution is 5.95. The van der Waals surface area contributed by atoms with Crippen LogP contribution in [0.25, 0.3) is 0 Å². The fourth-order valence-corrected chi connectivity index (χ4v) is 4.74. The highest BCUT2D eigenvalue weighted by Gasteiger charge is 2.14. The lowest BCUT2D eigenvalue weighted by molar-refractivity contribution is 0.0458. The quantitative estimate of drug-likeness (QED) is 0.0926. The van der Waals surface area contributed by atoms with Gasteiger partial charge in [0.05, 0.1) is 22.3 Å². The maximum atomic E-state index is 12.2. The van der Waals surface area contributed by atoms with Crippen molar-refractivity contribution in [2.45, 2.75) is 26.4 Å². The van der Waals surface area contributed by atoms with Crippen molar-refractivity contribution in [3.63, 3.8) is 0 Å².